The molecule has 0 N–H and O–H groups in total. The Labute approximate surface area is 68.5 Å². The molecule has 24 valence electrons. The maximum atomic E-state index is 0. The quantitative estimate of drug-likeness (QED) is 0.552. The number of hydrogen-bond donors (Lipinski definition) is 0. The average Bonchev–Trinajstić information content (AvgIpc) is 0. The van der Waals surface area contributed by atoms with Gasteiger partial charge in [0.05, 0.1) is 0 Å². The van der Waals surface area contributed by atoms with Crippen molar-refractivity contribution in [2.45, 2.75) is 0 Å². The molecule has 0 rings (SSSR count). The van der Waals surface area contributed by atoms with E-state index in [0.29, 0.717) is 0 Å². The summed E-state index contributed by atoms with van der Waals surface area (Å²) in [6.07, 6.45) is 0. The summed E-state index contributed by atoms with van der Waals surface area (Å²) >= 11 is 0. The minimum atomic E-state index is 0. The second-order valence-corrected chi connectivity index (χ2v) is 0. The smallest absolute Gasteiger partial charge is 2.00 e. The Balaban J connectivity index is 0. The van der Waals surface area contributed by atoms with E-state index >= 15 is 0 Å². The third kappa shape index (κ3) is 9.19. The fourth-order valence-corrected chi connectivity index (χ4v) is 0. The molecule has 0 amide bonds. The molecule has 0 atom stereocenters. The summed E-state index contributed by atoms with van der Waals surface area (Å²) in [5.41, 5.74) is 0. The van der Waals surface area contributed by atoms with Crippen LogP contribution in [0.3, 0.4) is 0 Å². The minimum absolute atomic E-state index is 0. The molecule has 0 aliphatic carbocycles. The van der Waals surface area contributed by atoms with Gasteiger partial charge < -0.3 is 11.0 Å². The molecule has 0 saturated carbocycles. The zero-order valence-electron chi connectivity index (χ0n) is 1.65. The Hall–Kier alpha value is 1.80. The molecule has 0 aromatic carbocycles. The summed E-state index contributed by atoms with van der Waals surface area (Å²) in [7, 11) is 0. The maximum Gasteiger partial charge on any atom is 3.00 e. The summed E-state index contributed by atoms with van der Waals surface area (Å²) in [4.78, 5) is 0. The molecule has 2 nitrogen and oxygen atoms in total. The molecular weight excluding hydrogens is 231 g/mol. The van der Waals surface area contributed by atoms with Crippen LogP contribution in [0, 0.1) is 41.7 Å². The molecular formula is CeCoO2+. The first-order valence-corrected chi connectivity index (χ1v) is 0. The SMILES string of the molecule is [Ce+3].[Co+2].[O-2].[O-2]. The molecule has 2 radical (unpaired) electrons. The topological polar surface area (TPSA) is 57.0 Å². The van der Waals surface area contributed by atoms with Crippen LogP contribution in [0.5, 0.6) is 0 Å². The van der Waals surface area contributed by atoms with E-state index in [-0.39, 0.29) is 69.5 Å². The van der Waals surface area contributed by atoms with Crippen LogP contribution in [0.25, 0.3) is 0 Å². The van der Waals surface area contributed by atoms with Crippen molar-refractivity contribution in [2.24, 2.45) is 0 Å². The van der Waals surface area contributed by atoms with E-state index in [9.17, 15) is 0 Å². The molecule has 0 fully saturated rings. The molecule has 4 heteroatoms. The van der Waals surface area contributed by atoms with Gasteiger partial charge in [-0.25, -0.2) is 0 Å². The first-order valence-electron chi connectivity index (χ1n) is 0. The predicted molar refractivity (Wildman–Crippen MR) is 1.37 cm³/mol. The van der Waals surface area contributed by atoms with Crippen molar-refractivity contribution in [1.82, 2.24) is 0 Å². The third-order valence-electron chi connectivity index (χ3n) is 0. The fraction of sp³-hybridized carbons (Fsp3) is 0. The van der Waals surface area contributed by atoms with Gasteiger partial charge in [0.1, 0.15) is 0 Å². The Morgan fingerprint density at radius 3 is 0.750 bits per heavy atom. The van der Waals surface area contributed by atoms with Crippen molar-refractivity contribution in [3.8, 4) is 0 Å². The normalized spacial score (nSPS) is 0. The van der Waals surface area contributed by atoms with Crippen LogP contribution in [0.1, 0.15) is 0 Å². The van der Waals surface area contributed by atoms with Gasteiger partial charge in [0, 0.05) is 0 Å². The summed E-state index contributed by atoms with van der Waals surface area (Å²) in [5.74, 6) is 0. The molecule has 0 aromatic heterocycles. The van der Waals surface area contributed by atoms with Gasteiger partial charge in [-0.15, -0.1) is 0 Å². The summed E-state index contributed by atoms with van der Waals surface area (Å²) in [5, 5.41) is 0. The number of rotatable bonds is 0. The first kappa shape index (κ1) is 41.2. The third-order valence-corrected chi connectivity index (χ3v) is 0. The van der Waals surface area contributed by atoms with Crippen LogP contribution in [-0.4, -0.2) is 0 Å². The van der Waals surface area contributed by atoms with E-state index in [1.54, 1.807) is 0 Å². The summed E-state index contributed by atoms with van der Waals surface area (Å²) < 4.78 is 0. The average molecular weight is 231 g/mol. The van der Waals surface area contributed by atoms with Gasteiger partial charge in [-0.05, 0) is 0 Å². The maximum absolute atomic E-state index is 0. The Morgan fingerprint density at radius 2 is 0.750 bits per heavy atom. The Bertz CT molecular complexity index is 6.00. The monoisotopic (exact) mass is 231 g/mol. The Morgan fingerprint density at radius 1 is 0.750 bits per heavy atom. The zero-order valence-corrected chi connectivity index (χ0v) is 5.83. The van der Waals surface area contributed by atoms with Crippen LogP contribution in [0.2, 0.25) is 0 Å². The van der Waals surface area contributed by atoms with Crippen molar-refractivity contribution in [1.29, 1.82) is 0 Å². The second kappa shape index (κ2) is 21.4. The van der Waals surface area contributed by atoms with E-state index in [2.05, 4.69) is 0 Å². The van der Waals surface area contributed by atoms with E-state index in [1.807, 2.05) is 0 Å². The van der Waals surface area contributed by atoms with Gasteiger partial charge in [-0.2, -0.15) is 0 Å². The Kier molecular flexibility index (Phi) is 220. The second-order valence-electron chi connectivity index (χ2n) is 0. The van der Waals surface area contributed by atoms with Gasteiger partial charge in [0.25, 0.3) is 0 Å². The van der Waals surface area contributed by atoms with Crippen LogP contribution >= 0.6 is 0 Å². The predicted octanol–water partition coefficient (Wildman–Crippen LogP) is -0.240. The standard InChI is InChI=1S/Ce.Co.2O/q+3;+2;2*-2. The largest absolute Gasteiger partial charge is 3.00 e. The van der Waals surface area contributed by atoms with E-state index in [0.717, 1.165) is 0 Å². The number of hydrogen-bond acceptors (Lipinski definition) is 0. The van der Waals surface area contributed by atoms with Crippen LogP contribution in [0.4, 0.5) is 0 Å². The van der Waals surface area contributed by atoms with Crippen LogP contribution in [0.15, 0.2) is 0 Å². The van der Waals surface area contributed by atoms with Gasteiger partial charge in [0.15, 0.2) is 0 Å². The molecule has 0 aromatic rings. The summed E-state index contributed by atoms with van der Waals surface area (Å²) in [6.45, 7) is 0. The van der Waals surface area contributed by atoms with Gasteiger partial charge >= 0.3 is 58.5 Å². The van der Waals surface area contributed by atoms with E-state index in [1.165, 1.54) is 0 Å². The molecule has 4 heavy (non-hydrogen) atoms. The van der Waals surface area contributed by atoms with Crippen LogP contribution < -0.4 is 0 Å². The molecule has 0 saturated heterocycles. The van der Waals surface area contributed by atoms with Gasteiger partial charge in [-0.1, -0.05) is 0 Å². The van der Waals surface area contributed by atoms with Crippen molar-refractivity contribution < 1.29 is 69.5 Å². The zero-order chi connectivity index (χ0) is 0. The van der Waals surface area contributed by atoms with Crippen molar-refractivity contribution >= 4 is 0 Å². The van der Waals surface area contributed by atoms with Crippen molar-refractivity contribution in [2.75, 3.05) is 0 Å². The van der Waals surface area contributed by atoms with E-state index < -0.39 is 0 Å². The molecule has 0 heterocycles. The van der Waals surface area contributed by atoms with E-state index in [4.69, 9.17) is 0 Å². The molecule has 0 unspecified atom stereocenters. The van der Waals surface area contributed by atoms with Gasteiger partial charge in [-0.3, -0.25) is 0 Å². The molecule has 0 aliphatic rings. The molecule has 0 aliphatic heterocycles. The van der Waals surface area contributed by atoms with Crippen molar-refractivity contribution in [3.05, 3.63) is 0 Å². The molecule has 0 bridgehead atoms. The minimum Gasteiger partial charge on any atom is -2.00 e. The van der Waals surface area contributed by atoms with Crippen LogP contribution in [-0.2, 0) is 27.7 Å². The van der Waals surface area contributed by atoms with Gasteiger partial charge in [0.2, 0.25) is 0 Å². The first-order chi connectivity index (χ1) is 0. The summed E-state index contributed by atoms with van der Waals surface area (Å²) in [6, 6.07) is 0. The molecule has 0 spiro atoms. The fourth-order valence-electron chi connectivity index (χ4n) is 0. The van der Waals surface area contributed by atoms with Crippen molar-refractivity contribution in [3.63, 3.8) is 0 Å².